The smallest absolute Gasteiger partial charge is 0.411 e. The molecule has 1 aromatic rings. The van der Waals surface area contributed by atoms with Crippen molar-refractivity contribution < 1.29 is 19.0 Å². The van der Waals surface area contributed by atoms with Gasteiger partial charge in [0.2, 0.25) is 0 Å². The molecule has 0 unspecified atom stereocenters. The minimum Gasteiger partial charge on any atom is -0.493 e. The van der Waals surface area contributed by atoms with Gasteiger partial charge in [0.25, 0.3) is 0 Å². The minimum absolute atomic E-state index is 0.0857. The Labute approximate surface area is 173 Å². The molecule has 1 saturated carbocycles. The fraction of sp³-hybridized carbons (Fsp3) is 0.652. The molecule has 158 valence electrons. The van der Waals surface area contributed by atoms with Crippen molar-refractivity contribution in [3.05, 3.63) is 23.3 Å². The zero-order chi connectivity index (χ0) is 21.1. The van der Waals surface area contributed by atoms with Crippen molar-refractivity contribution in [3.63, 3.8) is 0 Å². The zero-order valence-electron chi connectivity index (χ0n) is 18.1. The van der Waals surface area contributed by atoms with Gasteiger partial charge >= 0.3 is 6.09 Å². The normalized spacial score (nSPS) is 26.4. The molecular formula is C23H32N2O4. The molecule has 0 N–H and O–H groups in total. The maximum atomic E-state index is 13.1. The van der Waals surface area contributed by atoms with E-state index < -0.39 is 6.04 Å². The van der Waals surface area contributed by atoms with Crippen LogP contribution in [0.4, 0.5) is 4.79 Å². The molecule has 0 spiro atoms. The van der Waals surface area contributed by atoms with Crippen LogP contribution in [0.15, 0.2) is 12.1 Å². The maximum absolute atomic E-state index is 13.1. The lowest BCUT2D eigenvalue weighted by Gasteiger charge is -2.39. The lowest BCUT2D eigenvalue weighted by molar-refractivity contribution is -0.0138. The average Bonchev–Trinajstić information content (AvgIpc) is 2.71. The van der Waals surface area contributed by atoms with Gasteiger partial charge in [-0.25, -0.2) is 4.79 Å². The Morgan fingerprint density at radius 2 is 1.90 bits per heavy atom. The molecular weight excluding hydrogens is 368 g/mol. The number of nitriles is 1. The lowest BCUT2D eigenvalue weighted by atomic mass is 9.75. The molecule has 4 atom stereocenters. The maximum Gasteiger partial charge on any atom is 0.411 e. The van der Waals surface area contributed by atoms with Crippen molar-refractivity contribution in [2.24, 2.45) is 17.8 Å². The summed E-state index contributed by atoms with van der Waals surface area (Å²) >= 11 is 0. The van der Waals surface area contributed by atoms with E-state index in [1.54, 1.807) is 25.2 Å². The number of carbonyl (C=O) groups is 1. The summed E-state index contributed by atoms with van der Waals surface area (Å²) in [5, 5.41) is 9.86. The highest BCUT2D eigenvalue weighted by Gasteiger charge is 2.38. The average molecular weight is 401 g/mol. The fourth-order valence-electron chi connectivity index (χ4n) is 4.73. The summed E-state index contributed by atoms with van der Waals surface area (Å²) in [5.74, 6) is 2.58. The Kier molecular flexibility index (Phi) is 6.56. The first kappa shape index (κ1) is 21.3. The highest BCUT2D eigenvalue weighted by Crippen LogP contribution is 2.39. The number of ether oxygens (including phenoxy) is 3. The van der Waals surface area contributed by atoms with Gasteiger partial charge in [0.05, 0.1) is 20.3 Å². The number of methoxy groups -OCH3 is 2. The van der Waals surface area contributed by atoms with Crippen LogP contribution in [-0.2, 0) is 11.2 Å². The standard InChI is InChI=1S/C23H32N2O4/c1-14(2)17-7-6-15(3)10-20(17)29-23(26)25-9-8-16-11-21(27-4)22(28-5)12-18(16)19(25)13-24/h11-12,14-15,17,19-20H,6-10H2,1-5H3/t15-,17+,19-,20-/m0/s1. The Balaban J connectivity index is 1.82. The lowest BCUT2D eigenvalue weighted by Crippen LogP contribution is -2.44. The number of benzene rings is 1. The van der Waals surface area contributed by atoms with Crippen molar-refractivity contribution in [3.8, 4) is 17.6 Å². The SMILES string of the molecule is COc1cc2c(cc1OC)[C@H](C#N)N(C(=O)O[C@H]1C[C@@H](C)CC[C@@H]1C(C)C)CC2. The van der Waals surface area contributed by atoms with Crippen LogP contribution in [0.3, 0.4) is 0 Å². The van der Waals surface area contributed by atoms with Gasteiger partial charge in [0, 0.05) is 6.54 Å². The van der Waals surface area contributed by atoms with Gasteiger partial charge in [-0.05, 0) is 60.3 Å². The summed E-state index contributed by atoms with van der Waals surface area (Å²) < 4.78 is 16.8. The van der Waals surface area contributed by atoms with Crippen molar-refractivity contribution >= 4 is 6.09 Å². The van der Waals surface area contributed by atoms with Crippen LogP contribution >= 0.6 is 0 Å². The molecule has 1 heterocycles. The predicted octanol–water partition coefficient (Wildman–Crippen LogP) is 4.72. The van der Waals surface area contributed by atoms with Crippen LogP contribution in [0.1, 0.15) is 57.2 Å². The van der Waals surface area contributed by atoms with Gasteiger partial charge in [-0.3, -0.25) is 4.90 Å². The topological polar surface area (TPSA) is 71.8 Å². The third kappa shape index (κ3) is 4.29. The molecule has 29 heavy (non-hydrogen) atoms. The van der Waals surface area contributed by atoms with Gasteiger partial charge < -0.3 is 14.2 Å². The predicted molar refractivity (Wildman–Crippen MR) is 110 cm³/mol. The largest absolute Gasteiger partial charge is 0.493 e. The number of nitrogens with zero attached hydrogens (tertiary/aromatic N) is 2. The first-order valence-electron chi connectivity index (χ1n) is 10.5. The van der Waals surface area contributed by atoms with Gasteiger partial charge in [0.1, 0.15) is 12.1 Å². The molecule has 0 saturated heterocycles. The van der Waals surface area contributed by atoms with Crippen LogP contribution < -0.4 is 9.47 Å². The molecule has 1 aliphatic carbocycles. The van der Waals surface area contributed by atoms with Crippen molar-refractivity contribution in [2.75, 3.05) is 20.8 Å². The molecule has 0 bridgehead atoms. The van der Waals surface area contributed by atoms with Crippen LogP contribution in [-0.4, -0.2) is 37.9 Å². The van der Waals surface area contributed by atoms with Crippen molar-refractivity contribution in [1.29, 1.82) is 5.26 Å². The second-order valence-electron chi connectivity index (χ2n) is 8.63. The van der Waals surface area contributed by atoms with Crippen molar-refractivity contribution in [1.82, 2.24) is 4.90 Å². The molecule has 0 radical (unpaired) electrons. The molecule has 2 aliphatic rings. The highest BCUT2D eigenvalue weighted by atomic mass is 16.6. The summed E-state index contributed by atoms with van der Waals surface area (Å²) in [6, 6.07) is 5.31. The van der Waals surface area contributed by atoms with E-state index in [1.807, 2.05) is 6.07 Å². The number of hydrogen-bond acceptors (Lipinski definition) is 5. The molecule has 0 aromatic heterocycles. The number of amides is 1. The second-order valence-corrected chi connectivity index (χ2v) is 8.63. The Morgan fingerprint density at radius 3 is 2.52 bits per heavy atom. The summed E-state index contributed by atoms with van der Waals surface area (Å²) in [6.45, 7) is 7.05. The Bertz CT molecular complexity index is 786. The van der Waals surface area contributed by atoms with Gasteiger partial charge in [-0.15, -0.1) is 0 Å². The van der Waals surface area contributed by atoms with Gasteiger partial charge in [-0.2, -0.15) is 5.26 Å². The Hall–Kier alpha value is -2.42. The van der Waals surface area contributed by atoms with E-state index in [9.17, 15) is 10.1 Å². The molecule has 1 fully saturated rings. The van der Waals surface area contributed by atoms with Gasteiger partial charge in [-0.1, -0.05) is 27.2 Å². The monoisotopic (exact) mass is 400 g/mol. The number of rotatable bonds is 4. The summed E-state index contributed by atoms with van der Waals surface area (Å²) in [6.07, 6.45) is 3.33. The third-order valence-corrected chi connectivity index (χ3v) is 6.44. The molecule has 6 heteroatoms. The van der Waals surface area contributed by atoms with Crippen LogP contribution in [0.2, 0.25) is 0 Å². The van der Waals surface area contributed by atoms with E-state index in [0.717, 1.165) is 24.0 Å². The number of carbonyl (C=O) groups excluding carboxylic acids is 1. The minimum atomic E-state index is -0.690. The van der Waals surface area contributed by atoms with E-state index >= 15 is 0 Å². The van der Waals surface area contributed by atoms with E-state index in [4.69, 9.17) is 14.2 Å². The van der Waals surface area contributed by atoms with E-state index in [1.165, 1.54) is 6.42 Å². The number of fused-ring (bicyclic) bond motifs is 1. The summed E-state index contributed by atoms with van der Waals surface area (Å²) in [7, 11) is 3.16. The van der Waals surface area contributed by atoms with Gasteiger partial charge in [0.15, 0.2) is 11.5 Å². The molecule has 1 amide bonds. The first-order chi connectivity index (χ1) is 13.9. The van der Waals surface area contributed by atoms with Crippen LogP contribution in [0, 0.1) is 29.1 Å². The van der Waals surface area contributed by atoms with Crippen LogP contribution in [0.25, 0.3) is 0 Å². The fourth-order valence-corrected chi connectivity index (χ4v) is 4.73. The number of hydrogen-bond donors (Lipinski definition) is 0. The van der Waals surface area contributed by atoms with E-state index in [-0.39, 0.29) is 12.2 Å². The van der Waals surface area contributed by atoms with E-state index in [2.05, 4.69) is 26.8 Å². The highest BCUT2D eigenvalue weighted by molar-refractivity contribution is 5.70. The molecule has 1 aromatic carbocycles. The first-order valence-corrected chi connectivity index (χ1v) is 10.5. The van der Waals surface area contributed by atoms with E-state index in [0.29, 0.717) is 42.2 Å². The molecule has 3 rings (SSSR count). The summed E-state index contributed by atoms with van der Waals surface area (Å²) in [5.41, 5.74) is 1.79. The third-order valence-electron chi connectivity index (χ3n) is 6.44. The van der Waals surface area contributed by atoms with Crippen molar-refractivity contribution in [2.45, 2.75) is 58.6 Å². The van der Waals surface area contributed by atoms with Crippen LogP contribution in [0.5, 0.6) is 11.5 Å². The summed E-state index contributed by atoms with van der Waals surface area (Å²) in [4.78, 5) is 14.7. The molecule has 1 aliphatic heterocycles. The second kappa shape index (κ2) is 8.94. The zero-order valence-corrected chi connectivity index (χ0v) is 18.1. The Morgan fingerprint density at radius 1 is 1.21 bits per heavy atom. The molecule has 6 nitrogen and oxygen atoms in total. The quantitative estimate of drug-likeness (QED) is 0.731.